The number of carbonyl (C=O) groups excluding carboxylic acids is 1. The molecule has 0 aliphatic carbocycles. The Bertz CT molecular complexity index is 1190. The van der Waals surface area contributed by atoms with Crippen LogP contribution in [0.4, 0.5) is 0 Å². The molecule has 0 radical (unpaired) electrons. The number of para-hydroxylation sites is 1. The highest BCUT2D eigenvalue weighted by molar-refractivity contribution is 5.94. The Labute approximate surface area is 167 Å². The van der Waals surface area contributed by atoms with Crippen molar-refractivity contribution < 1.29 is 9.53 Å². The summed E-state index contributed by atoms with van der Waals surface area (Å²) < 4.78 is 5.26. The minimum absolute atomic E-state index is 0.0937. The summed E-state index contributed by atoms with van der Waals surface area (Å²) in [4.78, 5) is 30.3. The van der Waals surface area contributed by atoms with Crippen molar-refractivity contribution in [1.29, 1.82) is 0 Å². The fourth-order valence-electron chi connectivity index (χ4n) is 3.52. The summed E-state index contributed by atoms with van der Waals surface area (Å²) in [6.07, 6.45) is 3.48. The van der Waals surface area contributed by atoms with E-state index in [-0.39, 0.29) is 11.5 Å². The maximum absolute atomic E-state index is 12.6. The van der Waals surface area contributed by atoms with E-state index in [0.717, 1.165) is 27.8 Å². The Hall–Kier alpha value is -3.80. The van der Waals surface area contributed by atoms with Crippen molar-refractivity contribution >= 4 is 16.8 Å². The lowest BCUT2D eigenvalue weighted by Crippen LogP contribution is -2.32. The van der Waals surface area contributed by atoms with Gasteiger partial charge in [0, 0.05) is 35.8 Å². The molecule has 146 valence electrons. The van der Waals surface area contributed by atoms with Crippen molar-refractivity contribution in [3.8, 4) is 5.75 Å². The molecule has 0 fully saturated rings. The van der Waals surface area contributed by atoms with Gasteiger partial charge in [0.05, 0.1) is 7.11 Å². The summed E-state index contributed by atoms with van der Waals surface area (Å²) in [5, 5.41) is 4.01. The highest BCUT2D eigenvalue weighted by Gasteiger charge is 2.20. The number of benzene rings is 2. The van der Waals surface area contributed by atoms with E-state index in [4.69, 9.17) is 4.74 Å². The summed E-state index contributed by atoms with van der Waals surface area (Å²) in [7, 11) is 1.63. The van der Waals surface area contributed by atoms with E-state index in [1.54, 1.807) is 13.2 Å². The smallest absolute Gasteiger partial charge is 0.260 e. The van der Waals surface area contributed by atoms with Gasteiger partial charge in [0.2, 0.25) is 0 Å². The van der Waals surface area contributed by atoms with Crippen molar-refractivity contribution in [2.24, 2.45) is 0 Å². The highest BCUT2D eigenvalue weighted by Crippen LogP contribution is 2.31. The van der Waals surface area contributed by atoms with Crippen molar-refractivity contribution in [2.45, 2.75) is 5.92 Å². The van der Waals surface area contributed by atoms with Gasteiger partial charge in [0.25, 0.3) is 11.5 Å². The molecule has 0 aliphatic heterocycles. The van der Waals surface area contributed by atoms with Crippen LogP contribution in [-0.4, -0.2) is 29.5 Å². The first kappa shape index (κ1) is 18.6. The van der Waals surface area contributed by atoms with Crippen LogP contribution in [0.3, 0.4) is 0 Å². The molecule has 4 aromatic rings. The molecule has 0 aliphatic rings. The van der Waals surface area contributed by atoms with Crippen molar-refractivity contribution in [3.63, 3.8) is 0 Å². The lowest BCUT2D eigenvalue weighted by atomic mass is 9.90. The van der Waals surface area contributed by atoms with Gasteiger partial charge in [0.15, 0.2) is 0 Å². The van der Waals surface area contributed by atoms with Gasteiger partial charge in [-0.25, -0.2) is 0 Å². The van der Waals surface area contributed by atoms with E-state index in [1.165, 1.54) is 12.3 Å². The second-order valence-corrected chi connectivity index (χ2v) is 6.74. The molecule has 0 saturated carbocycles. The number of amides is 1. The fourth-order valence-corrected chi connectivity index (χ4v) is 3.52. The SMILES string of the molecule is COc1ccc([C@H](CNC(=O)c2ccc[nH]c2=O)c2c[nH]c3ccccc23)cc1. The number of ether oxygens (including phenoxy) is 1. The van der Waals surface area contributed by atoms with Crippen LogP contribution >= 0.6 is 0 Å². The van der Waals surface area contributed by atoms with Gasteiger partial charge >= 0.3 is 0 Å². The summed E-state index contributed by atoms with van der Waals surface area (Å²) in [5.74, 6) is 0.278. The molecule has 29 heavy (non-hydrogen) atoms. The predicted molar refractivity (Wildman–Crippen MR) is 113 cm³/mol. The predicted octanol–water partition coefficient (Wildman–Crippen LogP) is 3.43. The van der Waals surface area contributed by atoms with E-state index >= 15 is 0 Å². The molecule has 0 bridgehead atoms. The minimum Gasteiger partial charge on any atom is -0.497 e. The first-order valence-corrected chi connectivity index (χ1v) is 9.33. The van der Waals surface area contributed by atoms with Crippen molar-refractivity contribution in [2.75, 3.05) is 13.7 Å². The molecule has 0 spiro atoms. The maximum Gasteiger partial charge on any atom is 0.260 e. The number of H-pyrrole nitrogens is 2. The molecule has 3 N–H and O–H groups in total. The topological polar surface area (TPSA) is 87.0 Å². The number of pyridine rings is 1. The average Bonchev–Trinajstić information content (AvgIpc) is 3.18. The van der Waals surface area contributed by atoms with Gasteiger partial charge in [0.1, 0.15) is 11.3 Å². The zero-order valence-electron chi connectivity index (χ0n) is 15.9. The van der Waals surface area contributed by atoms with Crippen LogP contribution in [0.2, 0.25) is 0 Å². The van der Waals surface area contributed by atoms with Crippen LogP contribution < -0.4 is 15.6 Å². The number of hydrogen-bond donors (Lipinski definition) is 3. The van der Waals surface area contributed by atoms with Gasteiger partial charge in [-0.15, -0.1) is 0 Å². The van der Waals surface area contributed by atoms with Gasteiger partial charge in [-0.3, -0.25) is 9.59 Å². The largest absolute Gasteiger partial charge is 0.497 e. The number of aromatic nitrogens is 2. The van der Waals surface area contributed by atoms with Crippen LogP contribution in [0.1, 0.15) is 27.4 Å². The second-order valence-electron chi connectivity index (χ2n) is 6.74. The third kappa shape index (κ3) is 3.78. The molecule has 2 aromatic carbocycles. The van der Waals surface area contributed by atoms with Crippen LogP contribution in [0.15, 0.2) is 77.9 Å². The lowest BCUT2D eigenvalue weighted by molar-refractivity contribution is 0.0951. The number of methoxy groups -OCH3 is 1. The number of carbonyl (C=O) groups is 1. The number of nitrogens with one attached hydrogen (secondary N) is 3. The van der Waals surface area contributed by atoms with E-state index in [2.05, 4.69) is 21.4 Å². The summed E-state index contributed by atoms with van der Waals surface area (Å²) >= 11 is 0. The zero-order chi connectivity index (χ0) is 20.2. The van der Waals surface area contributed by atoms with Gasteiger partial charge in [-0.1, -0.05) is 30.3 Å². The second kappa shape index (κ2) is 8.06. The molecule has 0 unspecified atom stereocenters. The molecule has 4 rings (SSSR count). The van der Waals surface area contributed by atoms with Gasteiger partial charge in [-0.2, -0.15) is 0 Å². The molecule has 1 amide bonds. The third-order valence-electron chi connectivity index (χ3n) is 5.04. The highest BCUT2D eigenvalue weighted by atomic mass is 16.5. The molecule has 2 aromatic heterocycles. The Morgan fingerprint density at radius 1 is 1.03 bits per heavy atom. The summed E-state index contributed by atoms with van der Waals surface area (Å²) in [6.45, 7) is 0.349. The quantitative estimate of drug-likeness (QED) is 0.474. The van der Waals surface area contributed by atoms with E-state index in [9.17, 15) is 9.59 Å². The molecular weight excluding hydrogens is 366 g/mol. The van der Waals surface area contributed by atoms with Crippen molar-refractivity contribution in [3.05, 3.63) is 100 Å². The first-order chi connectivity index (χ1) is 14.2. The molecular formula is C23H21N3O3. The van der Waals surface area contributed by atoms with Crippen LogP contribution in [0.25, 0.3) is 10.9 Å². The summed E-state index contributed by atoms with van der Waals surface area (Å²) in [5.41, 5.74) is 2.84. The van der Waals surface area contributed by atoms with Gasteiger partial charge < -0.3 is 20.0 Å². The standard InChI is InChI=1S/C23H21N3O3/c1-29-16-10-8-15(9-11-16)19(20-14-25-21-7-3-2-5-17(20)21)13-26-23(28)18-6-4-12-24-22(18)27/h2-12,14,19,25H,13H2,1H3,(H,24,27)(H,26,28)/t19-/m0/s1. The van der Waals surface area contributed by atoms with E-state index in [1.807, 2.05) is 48.7 Å². The number of rotatable bonds is 6. The third-order valence-corrected chi connectivity index (χ3v) is 5.04. The normalized spacial score (nSPS) is 11.9. The van der Waals surface area contributed by atoms with Crippen LogP contribution in [0.5, 0.6) is 5.75 Å². The Kier molecular flexibility index (Phi) is 5.16. The minimum atomic E-state index is -0.405. The van der Waals surface area contributed by atoms with Crippen LogP contribution in [0, 0.1) is 0 Å². The molecule has 0 saturated heterocycles. The zero-order valence-corrected chi connectivity index (χ0v) is 15.9. The molecule has 2 heterocycles. The fraction of sp³-hybridized carbons (Fsp3) is 0.130. The molecule has 6 heteroatoms. The number of hydrogen-bond acceptors (Lipinski definition) is 3. The Morgan fingerprint density at radius 2 is 1.83 bits per heavy atom. The van der Waals surface area contributed by atoms with Gasteiger partial charge in [-0.05, 0) is 41.5 Å². The van der Waals surface area contributed by atoms with Crippen molar-refractivity contribution in [1.82, 2.24) is 15.3 Å². The van der Waals surface area contributed by atoms with Crippen LogP contribution in [-0.2, 0) is 0 Å². The Balaban J connectivity index is 1.67. The lowest BCUT2D eigenvalue weighted by Gasteiger charge is -2.18. The molecule has 6 nitrogen and oxygen atoms in total. The first-order valence-electron chi connectivity index (χ1n) is 9.33. The number of fused-ring (bicyclic) bond motifs is 1. The Morgan fingerprint density at radius 3 is 2.59 bits per heavy atom. The average molecular weight is 387 g/mol. The summed E-state index contributed by atoms with van der Waals surface area (Å²) in [6, 6.07) is 19.0. The molecule has 1 atom stereocenters. The monoisotopic (exact) mass is 387 g/mol. The number of aromatic amines is 2. The van der Waals surface area contributed by atoms with E-state index in [0.29, 0.717) is 6.54 Å². The van der Waals surface area contributed by atoms with E-state index < -0.39 is 11.5 Å². The maximum atomic E-state index is 12.6.